The van der Waals surface area contributed by atoms with Gasteiger partial charge in [0.1, 0.15) is 6.54 Å². The van der Waals surface area contributed by atoms with E-state index in [0.717, 1.165) is 25.9 Å². The average molecular weight is 139 g/mol. The smallest absolute Gasteiger partial charge is 0.140 e. The molecule has 1 saturated heterocycles. The van der Waals surface area contributed by atoms with Crippen molar-refractivity contribution in [3.63, 3.8) is 0 Å². The Morgan fingerprint density at radius 3 is 2.40 bits per heavy atom. The highest BCUT2D eigenvalue weighted by Crippen LogP contribution is 2.15. The molecule has 0 spiro atoms. The number of hydroxylamine groups is 3. The molecule has 0 radical (unpaired) electrons. The van der Waals surface area contributed by atoms with E-state index in [1.807, 2.05) is 0 Å². The molecule has 1 heterocycles. The molecular formula is C8H13NO. The van der Waals surface area contributed by atoms with Crippen LogP contribution in [0.25, 0.3) is 0 Å². The third-order valence-electron chi connectivity index (χ3n) is 2.01. The fraction of sp³-hybridized carbons (Fsp3) is 0.750. The Morgan fingerprint density at radius 2 is 1.90 bits per heavy atom. The number of likely N-dealkylation sites (tertiary alicyclic amines) is 1. The lowest BCUT2D eigenvalue weighted by atomic mass is 10.1. The maximum Gasteiger partial charge on any atom is 0.140 e. The van der Waals surface area contributed by atoms with Crippen LogP contribution in [0, 0.1) is 17.6 Å². The van der Waals surface area contributed by atoms with Gasteiger partial charge in [-0.2, -0.15) is 0 Å². The highest BCUT2D eigenvalue weighted by atomic mass is 16.5. The zero-order valence-electron chi connectivity index (χ0n) is 6.18. The van der Waals surface area contributed by atoms with Crippen LogP contribution in [0.4, 0.5) is 0 Å². The van der Waals surface area contributed by atoms with Crippen molar-refractivity contribution in [2.75, 3.05) is 19.6 Å². The van der Waals surface area contributed by atoms with E-state index >= 15 is 0 Å². The van der Waals surface area contributed by atoms with E-state index in [1.54, 1.807) is 0 Å². The standard InChI is InChI=1S/C8H13NO/c1-2-6-9(10)7-4-3-5-8-9/h1H,3-8H2. The van der Waals surface area contributed by atoms with Crippen molar-refractivity contribution in [3.05, 3.63) is 5.21 Å². The van der Waals surface area contributed by atoms with Crippen molar-refractivity contribution in [2.45, 2.75) is 19.3 Å². The third kappa shape index (κ3) is 1.73. The molecule has 0 saturated carbocycles. The molecule has 1 aliphatic heterocycles. The minimum Gasteiger partial charge on any atom is -0.632 e. The monoisotopic (exact) mass is 139 g/mol. The van der Waals surface area contributed by atoms with Gasteiger partial charge in [-0.1, -0.05) is 0 Å². The summed E-state index contributed by atoms with van der Waals surface area (Å²) in [5.41, 5.74) is 0. The second-order valence-electron chi connectivity index (χ2n) is 2.93. The zero-order chi connectivity index (χ0) is 7.45. The first kappa shape index (κ1) is 7.59. The number of hydrogen-bond acceptors (Lipinski definition) is 1. The number of terminal acetylenes is 1. The molecule has 0 aliphatic carbocycles. The molecule has 1 aliphatic rings. The summed E-state index contributed by atoms with van der Waals surface area (Å²) in [6.45, 7) is 1.81. The van der Waals surface area contributed by atoms with Gasteiger partial charge in [-0.05, 0) is 25.2 Å². The molecule has 56 valence electrons. The van der Waals surface area contributed by atoms with Gasteiger partial charge in [0.2, 0.25) is 0 Å². The fourth-order valence-electron chi connectivity index (χ4n) is 1.41. The van der Waals surface area contributed by atoms with Gasteiger partial charge < -0.3 is 9.85 Å². The maximum absolute atomic E-state index is 11.5. The summed E-state index contributed by atoms with van der Waals surface area (Å²) in [4.78, 5) is 0. The topological polar surface area (TPSA) is 23.1 Å². The number of nitrogens with zero attached hydrogens (tertiary/aromatic N) is 1. The van der Waals surface area contributed by atoms with Crippen LogP contribution in [0.15, 0.2) is 0 Å². The Kier molecular flexibility index (Phi) is 2.31. The molecule has 10 heavy (non-hydrogen) atoms. The molecule has 1 fully saturated rings. The van der Waals surface area contributed by atoms with Crippen molar-refractivity contribution < 1.29 is 4.65 Å². The molecule has 0 unspecified atom stereocenters. The molecule has 1 rings (SSSR count). The lowest BCUT2D eigenvalue weighted by Crippen LogP contribution is -2.46. The van der Waals surface area contributed by atoms with Crippen molar-refractivity contribution in [1.82, 2.24) is 0 Å². The van der Waals surface area contributed by atoms with Crippen molar-refractivity contribution in [1.29, 1.82) is 0 Å². The maximum atomic E-state index is 11.5. The first-order valence-corrected chi connectivity index (χ1v) is 3.77. The van der Waals surface area contributed by atoms with Crippen molar-refractivity contribution in [2.24, 2.45) is 0 Å². The molecule has 2 nitrogen and oxygen atoms in total. The fourth-order valence-corrected chi connectivity index (χ4v) is 1.41. The van der Waals surface area contributed by atoms with Crippen molar-refractivity contribution >= 4 is 0 Å². The van der Waals surface area contributed by atoms with Crippen LogP contribution in [-0.4, -0.2) is 24.3 Å². The van der Waals surface area contributed by atoms with Gasteiger partial charge in [0.25, 0.3) is 0 Å². The molecule has 0 aromatic heterocycles. The average Bonchev–Trinajstić information content (AvgIpc) is 1.89. The van der Waals surface area contributed by atoms with Crippen LogP contribution in [0.2, 0.25) is 0 Å². The molecule has 0 aromatic rings. The van der Waals surface area contributed by atoms with E-state index in [0.29, 0.717) is 6.54 Å². The Bertz CT molecular complexity index is 142. The molecule has 2 heteroatoms. The van der Waals surface area contributed by atoms with Gasteiger partial charge in [0, 0.05) is 0 Å². The van der Waals surface area contributed by atoms with Crippen LogP contribution in [-0.2, 0) is 0 Å². The Labute approximate surface area is 62.0 Å². The highest BCUT2D eigenvalue weighted by molar-refractivity contribution is 4.84. The largest absolute Gasteiger partial charge is 0.632 e. The summed E-state index contributed by atoms with van der Waals surface area (Å²) in [7, 11) is 0. The number of hydrogen-bond donors (Lipinski definition) is 0. The van der Waals surface area contributed by atoms with E-state index in [9.17, 15) is 5.21 Å². The van der Waals surface area contributed by atoms with Crippen LogP contribution in [0.3, 0.4) is 0 Å². The minimum atomic E-state index is -0.142. The Balaban J connectivity index is 2.42. The van der Waals surface area contributed by atoms with Crippen LogP contribution >= 0.6 is 0 Å². The molecule has 0 amide bonds. The first-order valence-electron chi connectivity index (χ1n) is 3.77. The van der Waals surface area contributed by atoms with Gasteiger partial charge in [-0.3, -0.25) is 0 Å². The molecule has 0 bridgehead atoms. The molecule has 0 atom stereocenters. The Morgan fingerprint density at radius 1 is 1.30 bits per heavy atom. The lowest BCUT2D eigenvalue weighted by Gasteiger charge is -2.43. The third-order valence-corrected chi connectivity index (χ3v) is 2.01. The summed E-state index contributed by atoms with van der Waals surface area (Å²) in [5.74, 6) is 2.44. The first-order chi connectivity index (χ1) is 4.77. The van der Waals surface area contributed by atoms with Gasteiger partial charge >= 0.3 is 0 Å². The number of piperidine rings is 1. The van der Waals surface area contributed by atoms with Gasteiger partial charge in [-0.25, -0.2) is 0 Å². The zero-order valence-corrected chi connectivity index (χ0v) is 6.18. The predicted molar refractivity (Wildman–Crippen MR) is 40.9 cm³/mol. The quantitative estimate of drug-likeness (QED) is 0.303. The van der Waals surface area contributed by atoms with E-state index in [4.69, 9.17) is 6.42 Å². The van der Waals surface area contributed by atoms with E-state index in [1.165, 1.54) is 6.42 Å². The SMILES string of the molecule is C#CC[N+]1([O-])CCCCC1. The number of rotatable bonds is 1. The highest BCUT2D eigenvalue weighted by Gasteiger charge is 2.18. The predicted octanol–water partition coefficient (Wildman–Crippen LogP) is 1.12. The summed E-state index contributed by atoms with van der Waals surface area (Å²) in [6.07, 6.45) is 8.37. The van der Waals surface area contributed by atoms with E-state index in [-0.39, 0.29) is 4.65 Å². The van der Waals surface area contributed by atoms with Crippen LogP contribution < -0.4 is 0 Å². The van der Waals surface area contributed by atoms with E-state index < -0.39 is 0 Å². The van der Waals surface area contributed by atoms with Crippen LogP contribution in [0.1, 0.15) is 19.3 Å². The summed E-state index contributed by atoms with van der Waals surface area (Å²) in [5, 5.41) is 11.5. The van der Waals surface area contributed by atoms with E-state index in [2.05, 4.69) is 5.92 Å². The minimum absolute atomic E-state index is 0.142. The van der Waals surface area contributed by atoms with Gasteiger partial charge in [0.15, 0.2) is 0 Å². The lowest BCUT2D eigenvalue weighted by molar-refractivity contribution is -0.878. The van der Waals surface area contributed by atoms with Crippen LogP contribution in [0.5, 0.6) is 0 Å². The summed E-state index contributed by atoms with van der Waals surface area (Å²) >= 11 is 0. The number of quaternary nitrogens is 1. The molecular weight excluding hydrogens is 126 g/mol. The Hall–Kier alpha value is -0.520. The van der Waals surface area contributed by atoms with Gasteiger partial charge in [-0.15, -0.1) is 6.42 Å². The summed E-state index contributed by atoms with van der Waals surface area (Å²) in [6, 6.07) is 0. The van der Waals surface area contributed by atoms with Crippen molar-refractivity contribution in [3.8, 4) is 12.3 Å². The second kappa shape index (κ2) is 3.05. The second-order valence-corrected chi connectivity index (χ2v) is 2.93. The molecule has 0 aromatic carbocycles. The van der Waals surface area contributed by atoms with Gasteiger partial charge in [0.05, 0.1) is 13.1 Å². The molecule has 0 N–H and O–H groups in total. The normalized spacial score (nSPS) is 23.6. The summed E-state index contributed by atoms with van der Waals surface area (Å²) < 4.78 is -0.142.